The van der Waals surface area contributed by atoms with Crippen LogP contribution in [0.15, 0.2) is 30.3 Å². The Bertz CT molecular complexity index is 649. The first-order valence-corrected chi connectivity index (χ1v) is 5.28. The molecule has 2 aromatic rings. The number of nitriles is 1. The average molecular weight is 223 g/mol. The maximum absolute atomic E-state index is 11.2. The highest BCUT2D eigenvalue weighted by Crippen LogP contribution is 2.28. The Kier molecular flexibility index (Phi) is 1.99. The summed E-state index contributed by atoms with van der Waals surface area (Å²) in [5.74, 6) is 0.0290. The second-order valence-corrected chi connectivity index (χ2v) is 3.99. The molecule has 82 valence electrons. The highest BCUT2D eigenvalue weighted by atomic mass is 16.1. The number of aromatic amines is 1. The summed E-state index contributed by atoms with van der Waals surface area (Å²) in [7, 11) is 0. The Morgan fingerprint density at radius 1 is 1.24 bits per heavy atom. The van der Waals surface area contributed by atoms with E-state index in [1.54, 1.807) is 6.07 Å². The maximum atomic E-state index is 11.2. The summed E-state index contributed by atoms with van der Waals surface area (Å²) in [5.41, 5.74) is 4.30. The van der Waals surface area contributed by atoms with Gasteiger partial charge in [0.15, 0.2) is 0 Å². The van der Waals surface area contributed by atoms with Gasteiger partial charge in [0.25, 0.3) is 0 Å². The van der Waals surface area contributed by atoms with Gasteiger partial charge >= 0.3 is 0 Å². The molecule has 1 amide bonds. The molecule has 1 aromatic heterocycles. The standard InChI is InChI=1S/C13H9N3O/c14-7-10-2-4-11(15-10)8-1-3-12-9(5-8)6-13(17)16-12/h1-5,15H,6H2,(H,16,17). The van der Waals surface area contributed by atoms with Crippen molar-refractivity contribution in [1.29, 1.82) is 5.26 Å². The number of nitrogens with one attached hydrogen (secondary N) is 2. The lowest BCUT2D eigenvalue weighted by Crippen LogP contribution is -2.03. The molecule has 0 fully saturated rings. The topological polar surface area (TPSA) is 68.7 Å². The Morgan fingerprint density at radius 3 is 2.88 bits per heavy atom. The van der Waals surface area contributed by atoms with Crippen LogP contribution in [0, 0.1) is 11.3 Å². The Balaban J connectivity index is 2.03. The van der Waals surface area contributed by atoms with Crippen molar-refractivity contribution < 1.29 is 4.79 Å². The van der Waals surface area contributed by atoms with Gasteiger partial charge in [0.2, 0.25) is 5.91 Å². The molecule has 3 rings (SSSR count). The fourth-order valence-corrected chi connectivity index (χ4v) is 2.03. The summed E-state index contributed by atoms with van der Waals surface area (Å²) in [6, 6.07) is 11.5. The SMILES string of the molecule is N#Cc1ccc(-c2ccc3c(c2)CC(=O)N3)[nH]1. The molecular formula is C13H9N3O. The highest BCUT2D eigenvalue weighted by Gasteiger charge is 2.17. The van der Waals surface area contributed by atoms with Gasteiger partial charge in [0, 0.05) is 11.4 Å². The van der Waals surface area contributed by atoms with Crippen LogP contribution in [0.1, 0.15) is 11.3 Å². The number of hydrogen-bond acceptors (Lipinski definition) is 2. The highest BCUT2D eigenvalue weighted by molar-refractivity contribution is 5.99. The van der Waals surface area contributed by atoms with Crippen molar-refractivity contribution in [2.45, 2.75) is 6.42 Å². The number of anilines is 1. The first-order valence-electron chi connectivity index (χ1n) is 5.28. The zero-order valence-corrected chi connectivity index (χ0v) is 8.95. The Morgan fingerprint density at radius 2 is 2.12 bits per heavy atom. The number of fused-ring (bicyclic) bond motifs is 1. The van der Waals surface area contributed by atoms with Crippen LogP contribution in [0.4, 0.5) is 5.69 Å². The van der Waals surface area contributed by atoms with Crippen molar-refractivity contribution in [3.8, 4) is 17.3 Å². The summed E-state index contributed by atoms with van der Waals surface area (Å²) in [6.45, 7) is 0. The molecule has 0 atom stereocenters. The van der Waals surface area contributed by atoms with E-state index in [1.807, 2.05) is 24.3 Å². The van der Waals surface area contributed by atoms with Gasteiger partial charge in [-0.05, 0) is 35.4 Å². The van der Waals surface area contributed by atoms with Gasteiger partial charge in [-0.2, -0.15) is 5.26 Å². The van der Waals surface area contributed by atoms with E-state index in [2.05, 4.69) is 16.4 Å². The fourth-order valence-electron chi connectivity index (χ4n) is 2.03. The molecule has 0 unspecified atom stereocenters. The monoisotopic (exact) mass is 223 g/mol. The van der Waals surface area contributed by atoms with E-state index >= 15 is 0 Å². The van der Waals surface area contributed by atoms with E-state index in [0.29, 0.717) is 12.1 Å². The van der Waals surface area contributed by atoms with Crippen LogP contribution in [0.5, 0.6) is 0 Å². The number of carbonyl (C=O) groups excluding carboxylic acids is 1. The van der Waals surface area contributed by atoms with Gasteiger partial charge in [-0.1, -0.05) is 6.07 Å². The van der Waals surface area contributed by atoms with Gasteiger partial charge in [-0.15, -0.1) is 0 Å². The Hall–Kier alpha value is -2.54. The fraction of sp³-hybridized carbons (Fsp3) is 0.0769. The van der Waals surface area contributed by atoms with Crippen LogP contribution in [0.2, 0.25) is 0 Å². The molecule has 4 heteroatoms. The number of hydrogen-bond donors (Lipinski definition) is 2. The second kappa shape index (κ2) is 3.49. The molecule has 1 aliphatic rings. The van der Waals surface area contributed by atoms with Crippen LogP contribution < -0.4 is 5.32 Å². The number of nitrogens with zero attached hydrogens (tertiary/aromatic N) is 1. The second-order valence-electron chi connectivity index (χ2n) is 3.99. The van der Waals surface area contributed by atoms with Crippen molar-refractivity contribution in [2.24, 2.45) is 0 Å². The summed E-state index contributed by atoms with van der Waals surface area (Å²) < 4.78 is 0. The smallest absolute Gasteiger partial charge is 0.228 e. The van der Waals surface area contributed by atoms with Crippen molar-refractivity contribution >= 4 is 11.6 Å². The molecule has 17 heavy (non-hydrogen) atoms. The van der Waals surface area contributed by atoms with Gasteiger partial charge in [0.05, 0.1) is 6.42 Å². The molecule has 1 aromatic carbocycles. The number of rotatable bonds is 1. The molecule has 0 saturated carbocycles. The van der Waals surface area contributed by atoms with Crippen LogP contribution in [0.3, 0.4) is 0 Å². The number of amides is 1. The average Bonchev–Trinajstić information content (AvgIpc) is 2.92. The number of aromatic nitrogens is 1. The summed E-state index contributed by atoms with van der Waals surface area (Å²) in [6.07, 6.45) is 0.426. The third kappa shape index (κ3) is 1.58. The van der Waals surface area contributed by atoms with E-state index in [-0.39, 0.29) is 5.91 Å². The largest absolute Gasteiger partial charge is 0.346 e. The van der Waals surface area contributed by atoms with E-state index in [1.165, 1.54) is 0 Å². The van der Waals surface area contributed by atoms with Crippen molar-refractivity contribution in [3.63, 3.8) is 0 Å². The first kappa shape index (κ1) is 9.67. The third-order valence-corrected chi connectivity index (χ3v) is 2.85. The van der Waals surface area contributed by atoms with Gasteiger partial charge in [-0.3, -0.25) is 4.79 Å². The van der Waals surface area contributed by atoms with E-state index in [0.717, 1.165) is 22.5 Å². The molecule has 2 heterocycles. The molecule has 4 nitrogen and oxygen atoms in total. The van der Waals surface area contributed by atoms with E-state index in [9.17, 15) is 4.79 Å². The molecule has 0 aliphatic carbocycles. The van der Waals surface area contributed by atoms with E-state index < -0.39 is 0 Å². The summed E-state index contributed by atoms with van der Waals surface area (Å²) in [5, 5.41) is 11.5. The van der Waals surface area contributed by atoms with Crippen molar-refractivity contribution in [1.82, 2.24) is 4.98 Å². The zero-order valence-electron chi connectivity index (χ0n) is 8.95. The van der Waals surface area contributed by atoms with Crippen LogP contribution in [-0.4, -0.2) is 10.9 Å². The molecule has 2 N–H and O–H groups in total. The lowest BCUT2D eigenvalue weighted by atomic mass is 10.1. The number of benzene rings is 1. The predicted octanol–water partition coefficient (Wildman–Crippen LogP) is 2.05. The predicted molar refractivity (Wildman–Crippen MR) is 63.3 cm³/mol. The minimum absolute atomic E-state index is 0.0290. The lowest BCUT2D eigenvalue weighted by Gasteiger charge is -2.02. The maximum Gasteiger partial charge on any atom is 0.228 e. The molecule has 0 radical (unpaired) electrons. The van der Waals surface area contributed by atoms with Crippen LogP contribution in [0.25, 0.3) is 11.3 Å². The summed E-state index contributed by atoms with van der Waals surface area (Å²) in [4.78, 5) is 14.3. The van der Waals surface area contributed by atoms with Gasteiger partial charge in [-0.25, -0.2) is 0 Å². The minimum Gasteiger partial charge on any atom is -0.346 e. The lowest BCUT2D eigenvalue weighted by molar-refractivity contribution is -0.115. The Labute approximate surface area is 97.9 Å². The van der Waals surface area contributed by atoms with E-state index in [4.69, 9.17) is 5.26 Å². The van der Waals surface area contributed by atoms with Crippen molar-refractivity contribution in [3.05, 3.63) is 41.6 Å². The first-order chi connectivity index (χ1) is 8.26. The summed E-state index contributed by atoms with van der Waals surface area (Å²) >= 11 is 0. The quantitative estimate of drug-likeness (QED) is 0.776. The van der Waals surface area contributed by atoms with Crippen LogP contribution in [-0.2, 0) is 11.2 Å². The zero-order chi connectivity index (χ0) is 11.8. The molecular weight excluding hydrogens is 214 g/mol. The third-order valence-electron chi connectivity index (χ3n) is 2.85. The van der Waals surface area contributed by atoms with Crippen molar-refractivity contribution in [2.75, 3.05) is 5.32 Å². The molecule has 0 saturated heterocycles. The molecule has 0 bridgehead atoms. The van der Waals surface area contributed by atoms with Gasteiger partial charge < -0.3 is 10.3 Å². The minimum atomic E-state index is 0.0290. The van der Waals surface area contributed by atoms with Crippen LogP contribution >= 0.6 is 0 Å². The number of carbonyl (C=O) groups is 1. The normalized spacial score (nSPS) is 13.0. The number of H-pyrrole nitrogens is 1. The molecule has 0 spiro atoms. The van der Waals surface area contributed by atoms with Gasteiger partial charge in [0.1, 0.15) is 11.8 Å². The molecule has 1 aliphatic heterocycles.